The Bertz CT molecular complexity index is 442. The van der Waals surface area contributed by atoms with Crippen molar-refractivity contribution in [1.29, 1.82) is 0 Å². The number of aliphatic hydroxyl groups excluding tert-OH is 1. The van der Waals surface area contributed by atoms with E-state index in [1.807, 2.05) is 13.8 Å². The van der Waals surface area contributed by atoms with Gasteiger partial charge in [-0.05, 0) is 25.2 Å². The molecule has 0 aliphatic heterocycles. The third-order valence-corrected chi connectivity index (χ3v) is 4.59. The molecular weight excluding hydrogens is 292 g/mol. The predicted molar refractivity (Wildman–Crippen MR) is 82.3 cm³/mol. The van der Waals surface area contributed by atoms with Crippen molar-refractivity contribution in [2.45, 2.75) is 64.0 Å². The number of amides is 1. The molecule has 1 fully saturated rings. The Balaban J connectivity index is 2.79. The first-order valence-corrected chi connectivity index (χ1v) is 9.47. The highest BCUT2D eigenvalue weighted by Crippen LogP contribution is 2.28. The first-order chi connectivity index (χ1) is 9.67. The van der Waals surface area contributed by atoms with Crippen LogP contribution in [0.25, 0.3) is 0 Å². The van der Waals surface area contributed by atoms with Gasteiger partial charge in [-0.15, -0.1) is 0 Å². The summed E-state index contributed by atoms with van der Waals surface area (Å²) in [5, 5.41) is 12.5. The first kappa shape index (κ1) is 18.4. The highest BCUT2D eigenvalue weighted by atomic mass is 32.2. The number of hydrogen-bond donors (Lipinski definition) is 3. The lowest BCUT2D eigenvalue weighted by Crippen LogP contribution is -2.58. The molecule has 0 spiro atoms. The van der Waals surface area contributed by atoms with Gasteiger partial charge in [-0.2, -0.15) is 0 Å². The van der Waals surface area contributed by atoms with Gasteiger partial charge in [0.25, 0.3) is 0 Å². The minimum absolute atomic E-state index is 0.105. The summed E-state index contributed by atoms with van der Waals surface area (Å²) in [4.78, 5) is 12.4. The highest BCUT2D eigenvalue weighted by molar-refractivity contribution is 7.88. The minimum Gasteiger partial charge on any atom is -0.394 e. The zero-order chi connectivity index (χ0) is 16.1. The second kappa shape index (κ2) is 7.56. The molecule has 1 unspecified atom stereocenters. The molecule has 1 aliphatic carbocycles. The molecule has 0 radical (unpaired) electrons. The molecule has 1 atom stereocenters. The standard InChI is InChI=1S/C14H28N2O4S/c1-11(2)9-12(16-21(3,19)20)13(18)15-14(10-17)7-5-4-6-8-14/h11-12,16-17H,4-10H2,1-3H3,(H,15,18). The van der Waals surface area contributed by atoms with Crippen molar-refractivity contribution in [3.8, 4) is 0 Å². The zero-order valence-electron chi connectivity index (χ0n) is 13.2. The fourth-order valence-corrected chi connectivity index (χ4v) is 3.56. The molecule has 1 amide bonds. The van der Waals surface area contributed by atoms with Gasteiger partial charge in [-0.3, -0.25) is 4.79 Å². The summed E-state index contributed by atoms with van der Waals surface area (Å²) < 4.78 is 25.3. The number of carbonyl (C=O) groups is 1. The summed E-state index contributed by atoms with van der Waals surface area (Å²) in [6, 6.07) is -0.787. The Labute approximate surface area is 127 Å². The number of aliphatic hydroxyl groups is 1. The summed E-state index contributed by atoms with van der Waals surface area (Å²) in [7, 11) is -3.45. The summed E-state index contributed by atoms with van der Waals surface area (Å²) >= 11 is 0. The van der Waals surface area contributed by atoms with E-state index in [9.17, 15) is 18.3 Å². The van der Waals surface area contributed by atoms with Crippen molar-refractivity contribution in [3.63, 3.8) is 0 Å². The molecule has 1 saturated carbocycles. The van der Waals surface area contributed by atoms with E-state index in [0.717, 1.165) is 38.4 Å². The monoisotopic (exact) mass is 320 g/mol. The number of rotatable bonds is 7. The van der Waals surface area contributed by atoms with Crippen LogP contribution in [0.5, 0.6) is 0 Å². The van der Waals surface area contributed by atoms with E-state index in [4.69, 9.17) is 0 Å². The Morgan fingerprint density at radius 1 is 1.24 bits per heavy atom. The van der Waals surface area contributed by atoms with Crippen LogP contribution in [0, 0.1) is 5.92 Å². The van der Waals surface area contributed by atoms with E-state index in [2.05, 4.69) is 10.0 Å². The van der Waals surface area contributed by atoms with Crippen LogP contribution in [-0.2, 0) is 14.8 Å². The largest absolute Gasteiger partial charge is 0.394 e. The Morgan fingerprint density at radius 2 is 1.81 bits per heavy atom. The van der Waals surface area contributed by atoms with Crippen LogP contribution in [0.4, 0.5) is 0 Å². The van der Waals surface area contributed by atoms with E-state index < -0.39 is 21.6 Å². The maximum atomic E-state index is 12.4. The van der Waals surface area contributed by atoms with Crippen LogP contribution in [0.15, 0.2) is 0 Å². The fraction of sp³-hybridized carbons (Fsp3) is 0.929. The van der Waals surface area contributed by atoms with Crippen LogP contribution in [0.1, 0.15) is 52.4 Å². The SMILES string of the molecule is CC(C)CC(NS(C)(=O)=O)C(=O)NC1(CO)CCCCC1. The van der Waals surface area contributed by atoms with Crippen molar-refractivity contribution in [2.24, 2.45) is 5.92 Å². The Morgan fingerprint density at radius 3 is 2.24 bits per heavy atom. The van der Waals surface area contributed by atoms with E-state index in [1.54, 1.807) is 0 Å². The summed E-state index contributed by atoms with van der Waals surface area (Å²) in [5.41, 5.74) is -0.594. The molecule has 124 valence electrons. The topological polar surface area (TPSA) is 95.5 Å². The van der Waals surface area contributed by atoms with E-state index in [-0.39, 0.29) is 18.4 Å². The van der Waals surface area contributed by atoms with E-state index in [1.165, 1.54) is 0 Å². The molecule has 0 saturated heterocycles. The van der Waals surface area contributed by atoms with Gasteiger partial charge in [0.15, 0.2) is 0 Å². The molecule has 1 rings (SSSR count). The molecule has 0 bridgehead atoms. The van der Waals surface area contributed by atoms with Gasteiger partial charge in [-0.25, -0.2) is 13.1 Å². The molecule has 0 aromatic heterocycles. The maximum absolute atomic E-state index is 12.4. The molecule has 6 nitrogen and oxygen atoms in total. The fourth-order valence-electron chi connectivity index (χ4n) is 2.84. The summed E-state index contributed by atoms with van der Waals surface area (Å²) in [6.07, 6.45) is 6.00. The molecule has 0 heterocycles. The van der Waals surface area contributed by atoms with Crippen molar-refractivity contribution in [2.75, 3.05) is 12.9 Å². The van der Waals surface area contributed by atoms with Crippen LogP contribution < -0.4 is 10.0 Å². The Hall–Kier alpha value is -0.660. The van der Waals surface area contributed by atoms with Crippen LogP contribution in [0.2, 0.25) is 0 Å². The third kappa shape index (κ3) is 6.32. The van der Waals surface area contributed by atoms with Gasteiger partial charge in [0.2, 0.25) is 15.9 Å². The lowest BCUT2D eigenvalue weighted by Gasteiger charge is -2.37. The van der Waals surface area contributed by atoms with Gasteiger partial charge in [0.05, 0.1) is 18.4 Å². The quantitative estimate of drug-likeness (QED) is 0.645. The molecule has 0 aromatic rings. The molecule has 21 heavy (non-hydrogen) atoms. The summed E-state index contributed by atoms with van der Waals surface area (Å²) in [5.74, 6) is -0.156. The van der Waals surface area contributed by atoms with Crippen molar-refractivity contribution in [1.82, 2.24) is 10.0 Å². The van der Waals surface area contributed by atoms with Crippen molar-refractivity contribution < 1.29 is 18.3 Å². The van der Waals surface area contributed by atoms with Gasteiger partial charge < -0.3 is 10.4 Å². The van der Waals surface area contributed by atoms with Gasteiger partial charge in [0, 0.05) is 0 Å². The number of carbonyl (C=O) groups excluding carboxylic acids is 1. The third-order valence-electron chi connectivity index (χ3n) is 3.88. The highest BCUT2D eigenvalue weighted by Gasteiger charge is 2.35. The van der Waals surface area contributed by atoms with Crippen molar-refractivity contribution >= 4 is 15.9 Å². The number of hydrogen-bond acceptors (Lipinski definition) is 4. The zero-order valence-corrected chi connectivity index (χ0v) is 14.0. The predicted octanol–water partition coefficient (Wildman–Crippen LogP) is 0.762. The summed E-state index contributed by atoms with van der Waals surface area (Å²) in [6.45, 7) is 3.77. The second-order valence-electron chi connectivity index (χ2n) is 6.56. The molecular formula is C14H28N2O4S. The first-order valence-electron chi connectivity index (χ1n) is 7.58. The average molecular weight is 320 g/mol. The molecule has 3 N–H and O–H groups in total. The van der Waals surface area contributed by atoms with E-state index in [0.29, 0.717) is 6.42 Å². The van der Waals surface area contributed by atoms with Crippen molar-refractivity contribution in [3.05, 3.63) is 0 Å². The van der Waals surface area contributed by atoms with Gasteiger partial charge in [-0.1, -0.05) is 33.1 Å². The van der Waals surface area contributed by atoms with Crippen LogP contribution in [0.3, 0.4) is 0 Å². The van der Waals surface area contributed by atoms with Crippen LogP contribution >= 0.6 is 0 Å². The second-order valence-corrected chi connectivity index (χ2v) is 8.34. The normalized spacial score (nSPS) is 20.2. The Kier molecular flexibility index (Phi) is 6.62. The average Bonchev–Trinajstić information content (AvgIpc) is 2.37. The molecule has 7 heteroatoms. The molecule has 1 aliphatic rings. The maximum Gasteiger partial charge on any atom is 0.238 e. The van der Waals surface area contributed by atoms with Crippen LogP contribution in [-0.4, -0.2) is 43.9 Å². The lowest BCUT2D eigenvalue weighted by atomic mass is 9.82. The number of sulfonamides is 1. The minimum atomic E-state index is -3.45. The smallest absolute Gasteiger partial charge is 0.238 e. The molecule has 0 aromatic carbocycles. The van der Waals surface area contributed by atoms with Gasteiger partial charge in [0.1, 0.15) is 6.04 Å². The van der Waals surface area contributed by atoms with E-state index >= 15 is 0 Å². The number of nitrogens with one attached hydrogen (secondary N) is 2. The lowest BCUT2D eigenvalue weighted by molar-refractivity contribution is -0.126. The van der Waals surface area contributed by atoms with Gasteiger partial charge >= 0.3 is 0 Å².